The van der Waals surface area contributed by atoms with Gasteiger partial charge in [-0.2, -0.15) is 0 Å². The van der Waals surface area contributed by atoms with Gasteiger partial charge in [-0.15, -0.1) is 0 Å². The predicted molar refractivity (Wildman–Crippen MR) is 150 cm³/mol. The van der Waals surface area contributed by atoms with Gasteiger partial charge in [0.2, 0.25) is 0 Å². The van der Waals surface area contributed by atoms with E-state index in [9.17, 15) is 4.79 Å². The summed E-state index contributed by atoms with van der Waals surface area (Å²) in [7, 11) is 0. The van der Waals surface area contributed by atoms with Gasteiger partial charge < -0.3 is 14.5 Å². The summed E-state index contributed by atoms with van der Waals surface area (Å²) in [5.41, 5.74) is 5.71. The topological polar surface area (TPSA) is 41.0 Å². The van der Waals surface area contributed by atoms with E-state index in [1.165, 1.54) is 29.3 Å². The Hall–Kier alpha value is -3.34. The minimum atomic E-state index is 0.0525. The maximum absolute atomic E-state index is 13.2. The average Bonchev–Trinajstić information content (AvgIpc) is 3.35. The van der Waals surface area contributed by atoms with Crippen LogP contribution in [0.5, 0.6) is 0 Å². The predicted octanol–water partition coefficient (Wildman–Crippen LogP) is 7.07. The Morgan fingerprint density at radius 1 is 0.861 bits per heavy atom. The zero-order valence-electron chi connectivity index (χ0n) is 20.3. The van der Waals surface area contributed by atoms with Crippen molar-refractivity contribution in [3.8, 4) is 11.1 Å². The number of aromatic nitrogens is 2. The number of aromatic amines is 1. The highest BCUT2D eigenvalue weighted by Gasteiger charge is 2.22. The molecule has 3 heterocycles. The number of benzene rings is 3. The van der Waals surface area contributed by atoms with Gasteiger partial charge >= 0.3 is 0 Å². The summed E-state index contributed by atoms with van der Waals surface area (Å²) in [4.78, 5) is 19.2. The molecule has 0 aliphatic carbocycles. The van der Waals surface area contributed by atoms with E-state index in [2.05, 4.69) is 52.5 Å². The second-order valence-corrected chi connectivity index (χ2v) is 10.3. The van der Waals surface area contributed by atoms with Crippen LogP contribution >= 0.6 is 11.6 Å². The molecular formula is C31H30ClN3O. The Kier molecular flexibility index (Phi) is 6.39. The van der Waals surface area contributed by atoms with Crippen molar-refractivity contribution >= 4 is 33.4 Å². The fourth-order valence-corrected chi connectivity index (χ4v) is 5.91. The number of halogens is 1. The van der Waals surface area contributed by atoms with E-state index in [0.717, 1.165) is 54.6 Å². The fraction of sp³-hybridized carbons (Fsp3) is 0.258. The first kappa shape index (κ1) is 23.1. The van der Waals surface area contributed by atoms with Gasteiger partial charge in [0.1, 0.15) is 0 Å². The van der Waals surface area contributed by atoms with Crippen molar-refractivity contribution in [2.75, 3.05) is 19.6 Å². The molecule has 0 saturated carbocycles. The van der Waals surface area contributed by atoms with Gasteiger partial charge in [-0.25, -0.2) is 0 Å². The number of nitrogens with one attached hydrogen (secondary N) is 1. The van der Waals surface area contributed by atoms with Crippen LogP contribution in [0.4, 0.5) is 0 Å². The third-order valence-electron chi connectivity index (χ3n) is 7.68. The molecule has 36 heavy (non-hydrogen) atoms. The largest absolute Gasteiger partial charge is 0.361 e. The van der Waals surface area contributed by atoms with E-state index in [-0.39, 0.29) is 5.56 Å². The van der Waals surface area contributed by atoms with Crippen molar-refractivity contribution in [2.45, 2.75) is 31.7 Å². The van der Waals surface area contributed by atoms with E-state index < -0.39 is 0 Å². The van der Waals surface area contributed by atoms with Gasteiger partial charge in [0, 0.05) is 40.1 Å². The van der Waals surface area contributed by atoms with Crippen LogP contribution in [-0.4, -0.2) is 34.1 Å². The van der Waals surface area contributed by atoms with Crippen molar-refractivity contribution in [1.29, 1.82) is 0 Å². The van der Waals surface area contributed by atoms with Gasteiger partial charge in [-0.3, -0.25) is 4.79 Å². The zero-order chi connectivity index (χ0) is 24.5. The fourth-order valence-electron chi connectivity index (χ4n) is 5.79. The number of likely N-dealkylation sites (tertiary alicyclic amines) is 1. The number of aryl methyl sites for hydroxylation is 1. The third kappa shape index (κ3) is 4.47. The number of nitrogens with zero attached hydrogens (tertiary/aromatic N) is 2. The minimum Gasteiger partial charge on any atom is -0.361 e. The van der Waals surface area contributed by atoms with E-state index in [4.69, 9.17) is 11.6 Å². The number of piperidine rings is 1. The molecule has 0 unspecified atom stereocenters. The maximum Gasteiger partial charge on any atom is 0.251 e. The summed E-state index contributed by atoms with van der Waals surface area (Å²) in [5, 5.41) is 3.16. The van der Waals surface area contributed by atoms with Crippen LogP contribution in [0.3, 0.4) is 0 Å². The smallest absolute Gasteiger partial charge is 0.251 e. The van der Waals surface area contributed by atoms with Crippen LogP contribution in [0.2, 0.25) is 5.02 Å². The lowest BCUT2D eigenvalue weighted by Gasteiger charge is -2.32. The molecule has 0 spiro atoms. The van der Waals surface area contributed by atoms with Crippen LogP contribution in [0.15, 0.2) is 89.9 Å². The zero-order valence-corrected chi connectivity index (χ0v) is 21.0. The first-order valence-corrected chi connectivity index (χ1v) is 13.2. The van der Waals surface area contributed by atoms with Gasteiger partial charge in [-0.05, 0) is 85.8 Å². The molecule has 2 aromatic heterocycles. The Balaban J connectivity index is 1.13. The van der Waals surface area contributed by atoms with Gasteiger partial charge in [-0.1, -0.05) is 60.1 Å². The third-order valence-corrected chi connectivity index (χ3v) is 7.93. The Bertz CT molecular complexity index is 1560. The molecule has 1 N–H and O–H groups in total. The lowest BCUT2D eigenvalue weighted by Crippen LogP contribution is -2.34. The summed E-state index contributed by atoms with van der Waals surface area (Å²) in [6.07, 6.45) is 5.53. The van der Waals surface area contributed by atoms with E-state index in [1.807, 2.05) is 41.0 Å². The second kappa shape index (κ2) is 9.96. The first-order chi connectivity index (χ1) is 17.7. The average molecular weight is 496 g/mol. The highest BCUT2D eigenvalue weighted by atomic mass is 35.5. The summed E-state index contributed by atoms with van der Waals surface area (Å²) < 4.78 is 1.94. The molecule has 3 aromatic carbocycles. The van der Waals surface area contributed by atoms with Crippen molar-refractivity contribution < 1.29 is 0 Å². The standard InChI is InChI=1S/C31H30ClN3O/c32-24-12-10-22(11-13-24)27-20-31(36)35(30-9-4-2-7-26(27)30)17-5-16-34-18-14-23(15-19-34)28-21-33-29-8-3-1-6-25(28)29/h1-4,6-13,20-21,23,33H,5,14-19H2. The van der Waals surface area contributed by atoms with E-state index in [0.29, 0.717) is 10.9 Å². The van der Waals surface area contributed by atoms with Crippen LogP contribution in [-0.2, 0) is 6.54 Å². The molecule has 1 aliphatic rings. The molecule has 4 nitrogen and oxygen atoms in total. The minimum absolute atomic E-state index is 0.0525. The molecule has 6 rings (SSSR count). The number of H-pyrrole nitrogens is 1. The molecule has 0 atom stereocenters. The number of fused-ring (bicyclic) bond motifs is 2. The SMILES string of the molecule is O=c1cc(-c2ccc(Cl)cc2)c2ccccc2n1CCCN1CCC(c2c[nH]c3ccccc23)CC1. The Morgan fingerprint density at radius 2 is 1.58 bits per heavy atom. The lowest BCUT2D eigenvalue weighted by molar-refractivity contribution is 0.207. The molecule has 0 bridgehead atoms. The van der Waals surface area contributed by atoms with E-state index >= 15 is 0 Å². The molecule has 0 amide bonds. The molecule has 1 aliphatic heterocycles. The summed E-state index contributed by atoms with van der Waals surface area (Å²) >= 11 is 6.08. The maximum atomic E-state index is 13.2. The molecule has 5 heteroatoms. The Morgan fingerprint density at radius 3 is 2.39 bits per heavy atom. The highest BCUT2D eigenvalue weighted by molar-refractivity contribution is 6.30. The van der Waals surface area contributed by atoms with Crippen molar-refractivity contribution in [3.63, 3.8) is 0 Å². The van der Waals surface area contributed by atoms with Crippen molar-refractivity contribution in [2.24, 2.45) is 0 Å². The van der Waals surface area contributed by atoms with Crippen LogP contribution in [0, 0.1) is 0 Å². The van der Waals surface area contributed by atoms with Gasteiger partial charge in [0.25, 0.3) is 5.56 Å². The molecule has 1 fully saturated rings. The number of rotatable bonds is 6. The van der Waals surface area contributed by atoms with Crippen LogP contribution in [0.1, 0.15) is 30.7 Å². The molecular weight excluding hydrogens is 466 g/mol. The molecule has 1 saturated heterocycles. The first-order valence-electron chi connectivity index (χ1n) is 12.8. The number of para-hydroxylation sites is 2. The summed E-state index contributed by atoms with van der Waals surface area (Å²) in [6.45, 7) is 3.95. The van der Waals surface area contributed by atoms with Gasteiger partial charge in [0.15, 0.2) is 0 Å². The number of hydrogen-bond donors (Lipinski definition) is 1. The van der Waals surface area contributed by atoms with Crippen molar-refractivity contribution in [1.82, 2.24) is 14.5 Å². The molecule has 0 radical (unpaired) electrons. The summed E-state index contributed by atoms with van der Waals surface area (Å²) in [6, 6.07) is 26.3. The molecule has 182 valence electrons. The van der Waals surface area contributed by atoms with Crippen molar-refractivity contribution in [3.05, 3.63) is 106 Å². The summed E-state index contributed by atoms with van der Waals surface area (Å²) in [5.74, 6) is 0.615. The van der Waals surface area contributed by atoms with Gasteiger partial charge in [0.05, 0.1) is 5.52 Å². The Labute approximate surface area is 216 Å². The van der Waals surface area contributed by atoms with Crippen LogP contribution < -0.4 is 5.56 Å². The monoisotopic (exact) mass is 495 g/mol. The molecule has 5 aromatic rings. The quantitative estimate of drug-likeness (QED) is 0.273. The second-order valence-electron chi connectivity index (χ2n) is 9.83. The number of hydrogen-bond acceptors (Lipinski definition) is 2. The number of pyridine rings is 1. The normalized spacial score (nSPS) is 15.1. The van der Waals surface area contributed by atoms with E-state index in [1.54, 1.807) is 6.07 Å². The highest BCUT2D eigenvalue weighted by Crippen LogP contribution is 2.33. The lowest BCUT2D eigenvalue weighted by atomic mass is 9.89. The van der Waals surface area contributed by atoms with Crippen LogP contribution in [0.25, 0.3) is 32.9 Å².